The molecule has 7 nitrogen and oxygen atoms in total. The van der Waals surface area contributed by atoms with Crippen LogP contribution >= 0.6 is 0 Å². The first-order valence-corrected chi connectivity index (χ1v) is 9.58. The summed E-state index contributed by atoms with van der Waals surface area (Å²) in [6.07, 6.45) is 3.44. The van der Waals surface area contributed by atoms with Crippen molar-refractivity contribution in [1.29, 1.82) is 0 Å². The monoisotopic (exact) mass is 394 g/mol. The molecule has 8 heteroatoms. The van der Waals surface area contributed by atoms with Crippen LogP contribution in [0.15, 0.2) is 36.7 Å². The number of hydrogen-bond donors (Lipinski definition) is 0. The summed E-state index contributed by atoms with van der Waals surface area (Å²) in [5.41, 5.74) is 2.85. The molecule has 0 N–H and O–H groups in total. The van der Waals surface area contributed by atoms with Crippen molar-refractivity contribution in [3.8, 4) is 5.82 Å². The number of anilines is 2. The Hall–Kier alpha value is -3.29. The minimum absolute atomic E-state index is 0.138. The van der Waals surface area contributed by atoms with Crippen molar-refractivity contribution < 1.29 is 9.18 Å². The Morgan fingerprint density at radius 1 is 1.00 bits per heavy atom. The second kappa shape index (κ2) is 7.62. The fourth-order valence-corrected chi connectivity index (χ4v) is 3.62. The number of carbonyl (C=O) groups excluding carboxylic acids is 1. The number of rotatable bonds is 4. The van der Waals surface area contributed by atoms with Crippen molar-refractivity contribution in [3.63, 3.8) is 0 Å². The van der Waals surface area contributed by atoms with Crippen molar-refractivity contribution in [3.05, 3.63) is 59.4 Å². The molecule has 0 spiro atoms. The van der Waals surface area contributed by atoms with Crippen LogP contribution in [0, 0.1) is 19.7 Å². The molecule has 4 rings (SSSR count). The number of ketones is 1. The Balaban J connectivity index is 1.48. The summed E-state index contributed by atoms with van der Waals surface area (Å²) in [5, 5.41) is 4.47. The molecule has 0 amide bonds. The summed E-state index contributed by atoms with van der Waals surface area (Å²) in [6, 6.07) is 6.67. The summed E-state index contributed by atoms with van der Waals surface area (Å²) in [4.78, 5) is 24.6. The zero-order chi connectivity index (χ0) is 20.5. The van der Waals surface area contributed by atoms with Crippen LogP contribution < -0.4 is 9.80 Å². The quantitative estimate of drug-likeness (QED) is 0.634. The van der Waals surface area contributed by atoms with Gasteiger partial charge in [-0.3, -0.25) is 9.78 Å². The molecule has 1 saturated heterocycles. The Bertz CT molecular complexity index is 1060. The van der Waals surface area contributed by atoms with Crippen molar-refractivity contribution in [2.75, 3.05) is 36.0 Å². The number of Topliss-reactive ketones (excluding diaryl/α,β-unsaturated/α-hetero) is 1. The normalized spacial score (nSPS) is 14.3. The topological polar surface area (TPSA) is 67.2 Å². The van der Waals surface area contributed by atoms with Crippen LogP contribution in [0.1, 0.15) is 28.7 Å². The van der Waals surface area contributed by atoms with Gasteiger partial charge in [-0.1, -0.05) is 0 Å². The van der Waals surface area contributed by atoms with Gasteiger partial charge in [-0.2, -0.15) is 5.10 Å². The van der Waals surface area contributed by atoms with Gasteiger partial charge in [0.05, 0.1) is 23.8 Å². The molecule has 3 heterocycles. The number of benzene rings is 1. The Labute approximate surface area is 168 Å². The molecule has 0 radical (unpaired) electrons. The number of piperazine rings is 1. The third-order valence-corrected chi connectivity index (χ3v) is 5.13. The summed E-state index contributed by atoms with van der Waals surface area (Å²) in [6.45, 7) is 8.08. The summed E-state index contributed by atoms with van der Waals surface area (Å²) >= 11 is 0. The lowest BCUT2D eigenvalue weighted by atomic mass is 10.1. The highest BCUT2D eigenvalue weighted by atomic mass is 19.1. The largest absolute Gasteiger partial charge is 0.366 e. The van der Waals surface area contributed by atoms with Crippen molar-refractivity contribution in [2.45, 2.75) is 20.8 Å². The van der Waals surface area contributed by atoms with Gasteiger partial charge in [0, 0.05) is 37.4 Å². The summed E-state index contributed by atoms with van der Waals surface area (Å²) < 4.78 is 16.2. The molecule has 0 aliphatic carbocycles. The smallest absolute Gasteiger partial charge is 0.174 e. The Morgan fingerprint density at radius 3 is 2.31 bits per heavy atom. The van der Waals surface area contributed by atoms with Crippen LogP contribution in [0.3, 0.4) is 0 Å². The second-order valence-electron chi connectivity index (χ2n) is 7.27. The molecule has 0 unspecified atom stereocenters. The van der Waals surface area contributed by atoms with Gasteiger partial charge in [0.2, 0.25) is 0 Å². The average molecular weight is 394 g/mol. The number of hydrogen-bond acceptors (Lipinski definition) is 6. The van der Waals surface area contributed by atoms with E-state index in [-0.39, 0.29) is 11.6 Å². The third kappa shape index (κ3) is 3.83. The van der Waals surface area contributed by atoms with Crippen molar-refractivity contribution >= 4 is 17.3 Å². The molecule has 1 aliphatic heterocycles. The first-order valence-electron chi connectivity index (χ1n) is 9.58. The highest BCUT2D eigenvalue weighted by Crippen LogP contribution is 2.24. The minimum atomic E-state index is -0.363. The van der Waals surface area contributed by atoms with Crippen molar-refractivity contribution in [1.82, 2.24) is 19.7 Å². The van der Waals surface area contributed by atoms with Crippen LogP contribution in [0.4, 0.5) is 15.9 Å². The van der Waals surface area contributed by atoms with Gasteiger partial charge in [-0.05, 0) is 45.0 Å². The zero-order valence-electron chi connectivity index (χ0n) is 16.8. The fraction of sp³-hybridized carbons (Fsp3) is 0.333. The van der Waals surface area contributed by atoms with Crippen LogP contribution in [-0.2, 0) is 0 Å². The van der Waals surface area contributed by atoms with Gasteiger partial charge in [-0.25, -0.2) is 14.1 Å². The standard InChI is InChI=1S/C21H23FN6O/c1-14-10-15(2)28(25-14)21-13-23-12-20(24-21)27-8-6-26(7-9-27)19-5-4-17(16(3)29)11-18(19)22/h4-5,10-13H,6-9H2,1-3H3. The van der Waals surface area contributed by atoms with E-state index in [4.69, 9.17) is 4.98 Å². The van der Waals surface area contributed by atoms with Crippen LogP contribution in [0.2, 0.25) is 0 Å². The molecule has 150 valence electrons. The molecular weight excluding hydrogens is 371 g/mol. The fourth-order valence-electron chi connectivity index (χ4n) is 3.62. The number of nitrogens with zero attached hydrogens (tertiary/aromatic N) is 6. The molecule has 3 aromatic rings. The first kappa shape index (κ1) is 19.0. The van der Waals surface area contributed by atoms with Gasteiger partial charge < -0.3 is 9.80 Å². The summed E-state index contributed by atoms with van der Waals surface area (Å²) in [7, 11) is 0. The number of aryl methyl sites for hydroxylation is 2. The molecule has 0 saturated carbocycles. The van der Waals surface area contributed by atoms with Crippen LogP contribution in [-0.4, -0.2) is 51.7 Å². The summed E-state index contributed by atoms with van der Waals surface area (Å²) in [5.74, 6) is 0.960. The van der Waals surface area contributed by atoms with Crippen LogP contribution in [0.5, 0.6) is 0 Å². The first-order chi connectivity index (χ1) is 13.9. The van der Waals surface area contributed by atoms with Crippen LogP contribution in [0.25, 0.3) is 5.82 Å². The van der Waals surface area contributed by atoms with E-state index in [1.54, 1.807) is 29.2 Å². The van der Waals surface area contributed by atoms with Gasteiger partial charge in [0.1, 0.15) is 11.6 Å². The lowest BCUT2D eigenvalue weighted by Crippen LogP contribution is -2.47. The van der Waals surface area contributed by atoms with Gasteiger partial charge in [-0.15, -0.1) is 0 Å². The zero-order valence-corrected chi connectivity index (χ0v) is 16.8. The predicted octanol–water partition coefficient (Wildman–Crippen LogP) is 2.95. The van der Waals surface area contributed by atoms with Gasteiger partial charge in [0.15, 0.2) is 11.6 Å². The van der Waals surface area contributed by atoms with E-state index >= 15 is 0 Å². The highest BCUT2D eigenvalue weighted by Gasteiger charge is 2.21. The molecule has 29 heavy (non-hydrogen) atoms. The molecule has 1 aromatic carbocycles. The molecule has 1 fully saturated rings. The number of halogens is 1. The Morgan fingerprint density at radius 2 is 1.69 bits per heavy atom. The molecule has 0 bridgehead atoms. The lowest BCUT2D eigenvalue weighted by molar-refractivity contribution is 0.101. The number of carbonyl (C=O) groups is 1. The maximum Gasteiger partial charge on any atom is 0.174 e. The minimum Gasteiger partial charge on any atom is -0.366 e. The second-order valence-corrected chi connectivity index (χ2v) is 7.27. The maximum atomic E-state index is 14.5. The van der Waals surface area contributed by atoms with E-state index in [9.17, 15) is 9.18 Å². The van der Waals surface area contributed by atoms with E-state index < -0.39 is 0 Å². The molecule has 0 atom stereocenters. The third-order valence-electron chi connectivity index (χ3n) is 5.13. The Kier molecular flexibility index (Phi) is 5.00. The molecule has 2 aromatic heterocycles. The van der Waals surface area contributed by atoms with E-state index in [1.807, 2.05) is 24.8 Å². The lowest BCUT2D eigenvalue weighted by Gasteiger charge is -2.36. The van der Waals surface area contributed by atoms with Gasteiger partial charge in [0.25, 0.3) is 0 Å². The van der Waals surface area contributed by atoms with E-state index in [0.717, 1.165) is 17.2 Å². The van der Waals surface area contributed by atoms with Gasteiger partial charge >= 0.3 is 0 Å². The van der Waals surface area contributed by atoms with Crippen molar-refractivity contribution in [2.24, 2.45) is 0 Å². The van der Waals surface area contributed by atoms with E-state index in [2.05, 4.69) is 15.0 Å². The molecule has 1 aliphatic rings. The van der Waals surface area contributed by atoms with E-state index in [0.29, 0.717) is 43.2 Å². The highest BCUT2D eigenvalue weighted by molar-refractivity contribution is 5.94. The van der Waals surface area contributed by atoms with E-state index in [1.165, 1.54) is 13.0 Å². The molecular formula is C21H23FN6O. The maximum absolute atomic E-state index is 14.5. The number of aromatic nitrogens is 4. The SMILES string of the molecule is CC(=O)c1ccc(N2CCN(c3cncc(-n4nc(C)cc4C)n3)CC2)c(F)c1. The predicted molar refractivity (Wildman–Crippen MR) is 109 cm³/mol. The average Bonchev–Trinajstić information content (AvgIpc) is 3.06.